The van der Waals surface area contributed by atoms with Crippen LogP contribution in [-0.4, -0.2) is 15.5 Å². The van der Waals surface area contributed by atoms with Crippen molar-refractivity contribution in [1.82, 2.24) is 5.32 Å². The summed E-state index contributed by atoms with van der Waals surface area (Å²) < 4.78 is 32.4. The Labute approximate surface area is 119 Å². The summed E-state index contributed by atoms with van der Waals surface area (Å²) in [4.78, 5) is 0. The van der Waals surface area contributed by atoms with E-state index in [1.807, 2.05) is 19.1 Å². The molecule has 0 unspecified atom stereocenters. The highest BCUT2D eigenvalue weighted by atomic mass is 32.2. The van der Waals surface area contributed by atoms with Gasteiger partial charge in [-0.25, -0.2) is 0 Å². The molecule has 0 amide bonds. The number of hydrogen-bond acceptors (Lipinski definition) is 4. The first-order chi connectivity index (χ1) is 9.56. The number of nitrogens with one attached hydrogen (secondary N) is 2. The topological polar surface area (TPSA) is 71.3 Å². The molecular weight excluding hydrogens is 276 g/mol. The first-order valence-electron chi connectivity index (χ1n) is 6.41. The third-order valence-corrected chi connectivity index (χ3v) is 4.13. The van der Waals surface area contributed by atoms with Crippen LogP contribution in [0.25, 0.3) is 0 Å². The van der Waals surface area contributed by atoms with Crippen LogP contribution in [-0.2, 0) is 23.0 Å². The maximum Gasteiger partial charge on any atom is 0.295 e. The Bertz CT molecular complexity index is 677. The van der Waals surface area contributed by atoms with Gasteiger partial charge < -0.3 is 9.73 Å². The van der Waals surface area contributed by atoms with Crippen molar-refractivity contribution in [3.63, 3.8) is 0 Å². The van der Waals surface area contributed by atoms with Gasteiger partial charge in [0.2, 0.25) is 5.09 Å². The van der Waals surface area contributed by atoms with Gasteiger partial charge in [-0.15, -0.1) is 0 Å². The zero-order chi connectivity index (χ0) is 14.6. The molecule has 0 aliphatic rings. The van der Waals surface area contributed by atoms with E-state index in [-0.39, 0.29) is 5.09 Å². The van der Waals surface area contributed by atoms with Crippen LogP contribution in [0.3, 0.4) is 0 Å². The molecule has 0 saturated carbocycles. The van der Waals surface area contributed by atoms with Crippen molar-refractivity contribution in [3.8, 4) is 0 Å². The SMILES string of the molecule is CCc1ccccc1NS(=O)(=O)c1ccc(CNC)o1. The van der Waals surface area contributed by atoms with Crippen molar-refractivity contribution in [3.05, 3.63) is 47.7 Å². The van der Waals surface area contributed by atoms with E-state index in [4.69, 9.17) is 4.42 Å². The number of anilines is 1. The van der Waals surface area contributed by atoms with Crippen LogP contribution >= 0.6 is 0 Å². The lowest BCUT2D eigenvalue weighted by Crippen LogP contribution is -2.13. The van der Waals surface area contributed by atoms with Crippen LogP contribution < -0.4 is 10.0 Å². The summed E-state index contributed by atoms with van der Waals surface area (Å²) in [5.41, 5.74) is 1.53. The quantitative estimate of drug-likeness (QED) is 0.858. The predicted octanol–water partition coefficient (Wildman–Crippen LogP) is 2.36. The molecule has 1 aromatic carbocycles. The van der Waals surface area contributed by atoms with E-state index in [0.717, 1.165) is 12.0 Å². The molecule has 0 saturated heterocycles. The van der Waals surface area contributed by atoms with E-state index in [0.29, 0.717) is 18.0 Å². The number of sulfonamides is 1. The van der Waals surface area contributed by atoms with E-state index in [2.05, 4.69) is 10.0 Å². The summed E-state index contributed by atoms with van der Waals surface area (Å²) in [6, 6.07) is 10.4. The Balaban J connectivity index is 2.26. The smallest absolute Gasteiger partial charge is 0.295 e. The van der Waals surface area contributed by atoms with Crippen LogP contribution in [0.5, 0.6) is 0 Å². The summed E-state index contributed by atoms with van der Waals surface area (Å²) in [5.74, 6) is 0.580. The Morgan fingerprint density at radius 3 is 2.60 bits per heavy atom. The second kappa shape index (κ2) is 6.11. The first-order valence-corrected chi connectivity index (χ1v) is 7.89. The number of hydrogen-bond donors (Lipinski definition) is 2. The normalized spacial score (nSPS) is 11.5. The van der Waals surface area contributed by atoms with Gasteiger partial charge in [0.15, 0.2) is 0 Å². The molecule has 0 radical (unpaired) electrons. The molecule has 1 heterocycles. The molecule has 2 aromatic rings. The third kappa shape index (κ3) is 3.20. The summed E-state index contributed by atoms with van der Waals surface area (Å²) in [6.07, 6.45) is 0.752. The van der Waals surface area contributed by atoms with Gasteiger partial charge in [0.05, 0.1) is 12.2 Å². The van der Waals surface area contributed by atoms with Gasteiger partial charge in [0.25, 0.3) is 10.0 Å². The monoisotopic (exact) mass is 294 g/mol. The van der Waals surface area contributed by atoms with E-state index in [1.54, 1.807) is 25.2 Å². The number of para-hydroxylation sites is 1. The predicted molar refractivity (Wildman–Crippen MR) is 78.1 cm³/mol. The molecule has 108 valence electrons. The van der Waals surface area contributed by atoms with Crippen molar-refractivity contribution in [2.75, 3.05) is 11.8 Å². The Kier molecular flexibility index (Phi) is 4.46. The van der Waals surface area contributed by atoms with Crippen molar-refractivity contribution in [2.45, 2.75) is 25.0 Å². The summed E-state index contributed by atoms with van der Waals surface area (Å²) in [6.45, 7) is 2.46. The van der Waals surface area contributed by atoms with Crippen LogP contribution in [0.1, 0.15) is 18.2 Å². The summed E-state index contributed by atoms with van der Waals surface area (Å²) >= 11 is 0. The minimum Gasteiger partial charge on any atom is -0.446 e. The van der Waals surface area contributed by atoms with Gasteiger partial charge in [-0.05, 0) is 37.2 Å². The average molecular weight is 294 g/mol. The Hall–Kier alpha value is -1.79. The fourth-order valence-corrected chi connectivity index (χ4v) is 2.95. The van der Waals surface area contributed by atoms with Crippen LogP contribution in [0.4, 0.5) is 5.69 Å². The lowest BCUT2D eigenvalue weighted by Gasteiger charge is -2.09. The Morgan fingerprint density at radius 1 is 1.15 bits per heavy atom. The minimum absolute atomic E-state index is 0.0753. The molecule has 2 N–H and O–H groups in total. The lowest BCUT2D eigenvalue weighted by molar-refractivity contribution is 0.408. The van der Waals surface area contributed by atoms with Crippen molar-refractivity contribution >= 4 is 15.7 Å². The second-order valence-electron chi connectivity index (χ2n) is 4.37. The van der Waals surface area contributed by atoms with Gasteiger partial charge >= 0.3 is 0 Å². The summed E-state index contributed by atoms with van der Waals surface area (Å²) in [5, 5.41) is 2.83. The standard InChI is InChI=1S/C14H18N2O3S/c1-3-11-6-4-5-7-13(11)16-20(17,18)14-9-8-12(19-14)10-15-2/h4-9,15-16H,3,10H2,1-2H3. The molecule has 0 bridgehead atoms. The van der Waals surface area contributed by atoms with Gasteiger partial charge in [0.1, 0.15) is 5.76 Å². The highest BCUT2D eigenvalue weighted by molar-refractivity contribution is 7.92. The number of furan rings is 1. The molecule has 2 rings (SSSR count). The van der Waals surface area contributed by atoms with Crippen molar-refractivity contribution in [2.24, 2.45) is 0 Å². The highest BCUT2D eigenvalue weighted by Crippen LogP contribution is 2.21. The molecule has 1 aromatic heterocycles. The maximum atomic E-state index is 12.3. The molecule has 0 aliphatic heterocycles. The molecule has 6 heteroatoms. The first kappa shape index (κ1) is 14.6. The van der Waals surface area contributed by atoms with Crippen LogP contribution in [0.15, 0.2) is 45.9 Å². The van der Waals surface area contributed by atoms with Crippen molar-refractivity contribution < 1.29 is 12.8 Å². The zero-order valence-corrected chi connectivity index (χ0v) is 12.3. The van der Waals surface area contributed by atoms with E-state index in [1.165, 1.54) is 6.07 Å². The molecular formula is C14H18N2O3S. The third-order valence-electron chi connectivity index (χ3n) is 2.90. The van der Waals surface area contributed by atoms with Crippen LogP contribution in [0.2, 0.25) is 0 Å². The highest BCUT2D eigenvalue weighted by Gasteiger charge is 2.19. The van der Waals surface area contributed by atoms with Crippen LogP contribution in [0, 0.1) is 0 Å². The molecule has 0 fully saturated rings. The zero-order valence-electron chi connectivity index (χ0n) is 11.5. The average Bonchev–Trinajstić information content (AvgIpc) is 2.89. The molecule has 20 heavy (non-hydrogen) atoms. The number of benzene rings is 1. The molecule has 0 aliphatic carbocycles. The fraction of sp³-hybridized carbons (Fsp3) is 0.286. The van der Waals surface area contributed by atoms with Crippen molar-refractivity contribution in [1.29, 1.82) is 0 Å². The minimum atomic E-state index is -3.69. The Morgan fingerprint density at radius 2 is 1.90 bits per heavy atom. The van der Waals surface area contributed by atoms with Gasteiger partial charge in [-0.3, -0.25) is 4.72 Å². The largest absolute Gasteiger partial charge is 0.446 e. The lowest BCUT2D eigenvalue weighted by atomic mass is 10.1. The number of rotatable bonds is 6. The van der Waals surface area contributed by atoms with E-state index >= 15 is 0 Å². The molecule has 5 nitrogen and oxygen atoms in total. The molecule has 0 atom stereocenters. The summed E-state index contributed by atoms with van der Waals surface area (Å²) in [7, 11) is -1.92. The van der Waals surface area contributed by atoms with E-state index in [9.17, 15) is 8.42 Å². The maximum absolute atomic E-state index is 12.3. The molecule has 0 spiro atoms. The van der Waals surface area contributed by atoms with Gasteiger partial charge in [-0.2, -0.15) is 8.42 Å². The van der Waals surface area contributed by atoms with Gasteiger partial charge in [-0.1, -0.05) is 25.1 Å². The second-order valence-corrected chi connectivity index (χ2v) is 5.98. The fourth-order valence-electron chi connectivity index (χ4n) is 1.90. The number of aryl methyl sites for hydroxylation is 1. The van der Waals surface area contributed by atoms with Gasteiger partial charge in [0, 0.05) is 0 Å². The van der Waals surface area contributed by atoms with E-state index < -0.39 is 10.0 Å².